The first-order valence-corrected chi connectivity index (χ1v) is 11.5. The first-order chi connectivity index (χ1) is 17.2. The van der Waals surface area contributed by atoms with Gasteiger partial charge in [-0.15, -0.1) is 5.10 Å². The fraction of sp³-hybridized carbons (Fsp3) is 0.375. The minimum Gasteiger partial charge on any atom is -0.480 e. The number of carbonyl (C=O) groups is 2. The summed E-state index contributed by atoms with van der Waals surface area (Å²) in [4.78, 5) is 29.6. The number of piperidine rings is 1. The standard InChI is InChI=1S/C24H24F2N6O4/c1-11-4-5-15(22(27-11)35-3)23-30-31-24(36-23)28-18-10-32(12(18)2)13-8-16(25)20(17(26)9-13)14-6-7-19(33)29-21(14)34/h4-5,8-9,12,14,18H,6-7,10H2,1-3H3,(H,28,31)(H,29,33,34)/t12-,14?,18+/m1/s1. The van der Waals surface area contributed by atoms with Gasteiger partial charge in [0.25, 0.3) is 5.89 Å². The first-order valence-electron chi connectivity index (χ1n) is 11.5. The molecule has 3 aromatic rings. The Morgan fingerprint density at radius 3 is 2.61 bits per heavy atom. The van der Waals surface area contributed by atoms with Crippen LogP contribution < -0.4 is 20.3 Å². The molecule has 0 radical (unpaired) electrons. The van der Waals surface area contributed by atoms with Crippen molar-refractivity contribution < 1.29 is 27.5 Å². The van der Waals surface area contributed by atoms with E-state index in [1.165, 1.54) is 19.2 Å². The number of hydrogen-bond donors (Lipinski definition) is 2. The van der Waals surface area contributed by atoms with Gasteiger partial charge in [0.05, 0.1) is 19.1 Å². The Kier molecular flexibility index (Phi) is 6.02. The van der Waals surface area contributed by atoms with E-state index in [0.29, 0.717) is 23.7 Å². The van der Waals surface area contributed by atoms with E-state index in [0.717, 1.165) is 5.69 Å². The molecule has 36 heavy (non-hydrogen) atoms. The quantitative estimate of drug-likeness (QED) is 0.494. The highest BCUT2D eigenvalue weighted by Crippen LogP contribution is 2.36. The molecule has 2 fully saturated rings. The molecule has 2 aromatic heterocycles. The third-order valence-electron chi connectivity index (χ3n) is 6.61. The highest BCUT2D eigenvalue weighted by Gasteiger charge is 2.38. The summed E-state index contributed by atoms with van der Waals surface area (Å²) in [7, 11) is 1.51. The van der Waals surface area contributed by atoms with Crippen LogP contribution in [0.5, 0.6) is 5.88 Å². The topological polar surface area (TPSA) is 122 Å². The third-order valence-corrected chi connectivity index (χ3v) is 6.61. The molecule has 0 saturated carbocycles. The van der Waals surface area contributed by atoms with Crippen molar-refractivity contribution in [1.82, 2.24) is 20.5 Å². The van der Waals surface area contributed by atoms with Gasteiger partial charge in [-0.2, -0.15) is 0 Å². The van der Waals surface area contributed by atoms with E-state index in [2.05, 4.69) is 25.8 Å². The summed E-state index contributed by atoms with van der Waals surface area (Å²) < 4.78 is 40.9. The molecule has 2 aliphatic rings. The SMILES string of the molecule is COc1nc(C)ccc1-c1nnc(N[C@H]2CN(c3cc(F)c(C4CCC(=O)NC4=O)c(F)c3)[C@@H]2C)o1. The number of aromatic nitrogens is 3. The van der Waals surface area contributed by atoms with Crippen molar-refractivity contribution in [2.24, 2.45) is 0 Å². The molecule has 5 rings (SSSR count). The second-order valence-corrected chi connectivity index (χ2v) is 8.89. The van der Waals surface area contributed by atoms with E-state index < -0.39 is 29.4 Å². The fourth-order valence-corrected chi connectivity index (χ4v) is 4.56. The van der Waals surface area contributed by atoms with Crippen molar-refractivity contribution in [2.45, 2.75) is 44.7 Å². The molecule has 4 heterocycles. The van der Waals surface area contributed by atoms with Crippen LogP contribution in [0.3, 0.4) is 0 Å². The van der Waals surface area contributed by atoms with Crippen molar-refractivity contribution in [3.05, 3.63) is 47.2 Å². The zero-order valence-corrected chi connectivity index (χ0v) is 19.8. The molecule has 1 unspecified atom stereocenters. The summed E-state index contributed by atoms with van der Waals surface area (Å²) in [6.07, 6.45) is 0.110. The highest BCUT2D eigenvalue weighted by atomic mass is 19.1. The molecule has 0 spiro atoms. The molecule has 2 N–H and O–H groups in total. The predicted molar refractivity (Wildman–Crippen MR) is 125 cm³/mol. The number of pyridine rings is 1. The van der Waals surface area contributed by atoms with Crippen molar-refractivity contribution >= 4 is 23.5 Å². The number of hydrogen-bond acceptors (Lipinski definition) is 9. The summed E-state index contributed by atoms with van der Waals surface area (Å²) in [5.74, 6) is -3.16. The van der Waals surface area contributed by atoms with Crippen LogP contribution in [0.1, 0.15) is 36.9 Å². The number of methoxy groups -OCH3 is 1. The van der Waals surface area contributed by atoms with Crippen LogP contribution in [-0.2, 0) is 9.59 Å². The van der Waals surface area contributed by atoms with E-state index >= 15 is 0 Å². The lowest BCUT2D eigenvalue weighted by molar-refractivity contribution is -0.134. The van der Waals surface area contributed by atoms with E-state index in [-0.39, 0.29) is 42.4 Å². The van der Waals surface area contributed by atoms with E-state index in [9.17, 15) is 18.4 Å². The lowest BCUT2D eigenvalue weighted by Gasteiger charge is -2.48. The number of benzene rings is 1. The monoisotopic (exact) mass is 498 g/mol. The molecule has 2 amide bonds. The maximum atomic E-state index is 14.9. The maximum absolute atomic E-state index is 14.9. The smallest absolute Gasteiger partial charge is 0.316 e. The number of carbonyl (C=O) groups excluding carboxylic acids is 2. The fourth-order valence-electron chi connectivity index (χ4n) is 4.56. The van der Waals surface area contributed by atoms with Gasteiger partial charge in [-0.05, 0) is 44.5 Å². The van der Waals surface area contributed by atoms with Gasteiger partial charge >= 0.3 is 6.01 Å². The Balaban J connectivity index is 1.27. The molecule has 0 bridgehead atoms. The summed E-state index contributed by atoms with van der Waals surface area (Å²) >= 11 is 0. The van der Waals surface area contributed by atoms with Gasteiger partial charge in [0.2, 0.25) is 17.7 Å². The second-order valence-electron chi connectivity index (χ2n) is 8.89. The van der Waals surface area contributed by atoms with Gasteiger partial charge < -0.3 is 19.4 Å². The number of rotatable bonds is 6. The van der Waals surface area contributed by atoms with Gasteiger partial charge in [0.15, 0.2) is 0 Å². The maximum Gasteiger partial charge on any atom is 0.316 e. The van der Waals surface area contributed by atoms with Crippen molar-refractivity contribution in [3.8, 4) is 17.3 Å². The summed E-state index contributed by atoms with van der Waals surface area (Å²) in [6.45, 7) is 4.18. The van der Waals surface area contributed by atoms with Crippen LogP contribution in [0, 0.1) is 18.6 Å². The Hall–Kier alpha value is -4.09. The number of ether oxygens (including phenoxy) is 1. The Morgan fingerprint density at radius 1 is 1.19 bits per heavy atom. The number of nitrogens with one attached hydrogen (secondary N) is 2. The third kappa shape index (κ3) is 4.23. The van der Waals surface area contributed by atoms with Crippen LogP contribution in [0.2, 0.25) is 0 Å². The average Bonchev–Trinajstić information content (AvgIpc) is 3.30. The zero-order valence-electron chi connectivity index (χ0n) is 19.8. The molecular formula is C24H24F2N6O4. The molecule has 10 nitrogen and oxygen atoms in total. The highest BCUT2D eigenvalue weighted by molar-refractivity contribution is 6.01. The lowest BCUT2D eigenvalue weighted by atomic mass is 9.89. The minimum absolute atomic E-state index is 0.0398. The Bertz CT molecular complexity index is 1320. The van der Waals surface area contributed by atoms with Gasteiger partial charge in [-0.25, -0.2) is 13.8 Å². The van der Waals surface area contributed by atoms with E-state index in [1.807, 2.05) is 24.8 Å². The Morgan fingerprint density at radius 2 is 1.94 bits per heavy atom. The second kappa shape index (κ2) is 9.17. The number of imide groups is 1. The first kappa shape index (κ1) is 23.6. The number of aryl methyl sites for hydroxylation is 1. The summed E-state index contributed by atoms with van der Waals surface area (Å²) in [6, 6.07) is 5.98. The van der Waals surface area contributed by atoms with Crippen LogP contribution >= 0.6 is 0 Å². The number of nitrogens with zero attached hydrogens (tertiary/aromatic N) is 4. The van der Waals surface area contributed by atoms with Gasteiger partial charge in [-0.3, -0.25) is 14.9 Å². The van der Waals surface area contributed by atoms with Crippen molar-refractivity contribution in [1.29, 1.82) is 0 Å². The van der Waals surface area contributed by atoms with Crippen molar-refractivity contribution in [2.75, 3.05) is 23.9 Å². The van der Waals surface area contributed by atoms with E-state index in [1.54, 1.807) is 6.07 Å². The molecular weight excluding hydrogens is 474 g/mol. The van der Waals surface area contributed by atoms with Gasteiger partial charge in [0.1, 0.15) is 17.2 Å². The molecule has 0 aliphatic carbocycles. The minimum atomic E-state index is -1.03. The predicted octanol–water partition coefficient (Wildman–Crippen LogP) is 2.94. The van der Waals surface area contributed by atoms with Crippen molar-refractivity contribution in [3.63, 3.8) is 0 Å². The molecule has 3 atom stereocenters. The number of anilines is 2. The van der Waals surface area contributed by atoms with Gasteiger partial charge in [-0.1, -0.05) is 5.10 Å². The van der Waals surface area contributed by atoms with Gasteiger partial charge in [0, 0.05) is 36.0 Å². The summed E-state index contributed by atoms with van der Waals surface area (Å²) in [5.41, 5.74) is 1.39. The number of amides is 2. The largest absolute Gasteiger partial charge is 0.480 e. The lowest BCUT2D eigenvalue weighted by Crippen LogP contribution is -2.62. The molecule has 12 heteroatoms. The van der Waals surface area contributed by atoms with Crippen LogP contribution in [-0.4, -0.2) is 52.7 Å². The average molecular weight is 498 g/mol. The molecule has 2 aliphatic heterocycles. The molecule has 1 aromatic carbocycles. The van der Waals surface area contributed by atoms with Crippen LogP contribution in [0.25, 0.3) is 11.5 Å². The Labute approximate surface area is 205 Å². The van der Waals surface area contributed by atoms with Crippen LogP contribution in [0.15, 0.2) is 28.7 Å². The molecule has 2 saturated heterocycles. The molecule has 188 valence electrons. The van der Waals surface area contributed by atoms with Crippen LogP contribution in [0.4, 0.5) is 20.5 Å². The number of halogens is 2. The van der Waals surface area contributed by atoms with E-state index in [4.69, 9.17) is 9.15 Å². The zero-order chi connectivity index (χ0) is 25.6. The normalized spacial score (nSPS) is 21.7. The summed E-state index contributed by atoms with van der Waals surface area (Å²) in [5, 5.41) is 13.4.